The van der Waals surface area contributed by atoms with Gasteiger partial charge in [-0.2, -0.15) is 0 Å². The number of aromatic nitrogens is 1. The third-order valence-corrected chi connectivity index (χ3v) is 5.85. The Balaban J connectivity index is 1.98. The number of alkyl halides is 1. The number of nitrogens with zero attached hydrogens (tertiary/aromatic N) is 1. The zero-order valence-electron chi connectivity index (χ0n) is 11.3. The maximum absolute atomic E-state index is 4.11. The number of halogens is 1. The first-order chi connectivity index (χ1) is 8.79. The van der Waals surface area contributed by atoms with E-state index in [-0.39, 0.29) is 0 Å². The van der Waals surface area contributed by atoms with E-state index in [1.165, 1.54) is 50.5 Å². The largest absolute Gasteiger partial charge is 0.265 e. The van der Waals surface area contributed by atoms with Crippen LogP contribution in [0.5, 0.6) is 0 Å². The fourth-order valence-corrected chi connectivity index (χ4v) is 3.90. The predicted octanol–water partition coefficient (Wildman–Crippen LogP) is 5.31. The van der Waals surface area contributed by atoms with Crippen LogP contribution in [0.1, 0.15) is 63.4 Å². The molecule has 2 rings (SSSR count). The van der Waals surface area contributed by atoms with Gasteiger partial charge in [0.2, 0.25) is 0 Å². The van der Waals surface area contributed by atoms with Crippen LogP contribution in [-0.4, -0.2) is 9.81 Å². The molecule has 1 heterocycles. The van der Waals surface area contributed by atoms with E-state index >= 15 is 0 Å². The topological polar surface area (TPSA) is 12.9 Å². The summed E-state index contributed by atoms with van der Waals surface area (Å²) in [6.07, 6.45) is 13.7. The van der Waals surface area contributed by atoms with Crippen molar-refractivity contribution in [2.75, 3.05) is 0 Å². The summed E-state index contributed by atoms with van der Waals surface area (Å²) >= 11 is 3.98. The van der Waals surface area contributed by atoms with E-state index in [1.54, 1.807) is 0 Å². The zero-order chi connectivity index (χ0) is 12.8. The highest BCUT2D eigenvalue weighted by molar-refractivity contribution is 9.09. The molecule has 1 aliphatic rings. The smallest absolute Gasteiger partial charge is 0.0270 e. The summed E-state index contributed by atoms with van der Waals surface area (Å²) in [4.78, 5) is 4.72. The molecule has 1 aliphatic carbocycles. The van der Waals surface area contributed by atoms with Crippen LogP contribution in [0.4, 0.5) is 0 Å². The van der Waals surface area contributed by atoms with Crippen molar-refractivity contribution in [3.8, 4) is 0 Å². The van der Waals surface area contributed by atoms with E-state index in [0.29, 0.717) is 10.7 Å². The molecule has 18 heavy (non-hydrogen) atoms. The van der Waals surface area contributed by atoms with Crippen molar-refractivity contribution in [3.05, 3.63) is 30.1 Å². The lowest BCUT2D eigenvalue weighted by molar-refractivity contribution is 0.354. The van der Waals surface area contributed by atoms with Crippen LogP contribution in [0.3, 0.4) is 0 Å². The average Bonchev–Trinajstić information content (AvgIpc) is 2.38. The van der Waals surface area contributed by atoms with Crippen molar-refractivity contribution in [2.24, 2.45) is 5.92 Å². The van der Waals surface area contributed by atoms with Crippen LogP contribution in [-0.2, 0) is 0 Å². The Morgan fingerprint density at radius 3 is 2.22 bits per heavy atom. The quantitative estimate of drug-likeness (QED) is 0.690. The lowest BCUT2D eigenvalue weighted by Crippen LogP contribution is -2.21. The maximum atomic E-state index is 4.11. The van der Waals surface area contributed by atoms with Gasteiger partial charge in [-0.1, -0.05) is 55.0 Å². The van der Waals surface area contributed by atoms with Crippen LogP contribution in [0.2, 0.25) is 0 Å². The molecule has 0 N–H and O–H groups in total. The van der Waals surface area contributed by atoms with Gasteiger partial charge < -0.3 is 0 Å². The first kappa shape index (κ1) is 14.0. The summed E-state index contributed by atoms with van der Waals surface area (Å²) in [5, 5.41) is 0. The van der Waals surface area contributed by atoms with E-state index in [2.05, 4.69) is 40.0 Å². The molecular formula is C16H24BrN. The molecule has 0 spiro atoms. The van der Waals surface area contributed by atoms with Gasteiger partial charge in [0, 0.05) is 17.2 Å². The minimum Gasteiger partial charge on any atom is -0.265 e. The lowest BCUT2D eigenvalue weighted by Gasteiger charge is -2.29. The maximum Gasteiger partial charge on any atom is 0.0270 e. The monoisotopic (exact) mass is 309 g/mol. The fraction of sp³-hybridized carbons (Fsp3) is 0.688. The Bertz CT molecular complexity index is 330. The third-order valence-electron chi connectivity index (χ3n) is 4.31. The summed E-state index contributed by atoms with van der Waals surface area (Å²) in [5.74, 6) is 1.42. The Hall–Kier alpha value is -0.370. The average molecular weight is 310 g/mol. The highest BCUT2D eigenvalue weighted by Crippen LogP contribution is 2.36. The Labute approximate surface area is 120 Å². The molecule has 0 amide bonds. The molecule has 2 atom stereocenters. The molecule has 0 aromatic carbocycles. The molecule has 2 heteroatoms. The first-order valence-corrected chi connectivity index (χ1v) is 8.24. The van der Waals surface area contributed by atoms with Gasteiger partial charge in [-0.25, -0.2) is 0 Å². The van der Waals surface area contributed by atoms with Crippen LogP contribution >= 0.6 is 15.9 Å². The van der Waals surface area contributed by atoms with Crippen molar-refractivity contribution in [1.29, 1.82) is 0 Å². The van der Waals surface area contributed by atoms with E-state index in [4.69, 9.17) is 0 Å². The molecule has 0 bridgehead atoms. The van der Waals surface area contributed by atoms with Gasteiger partial charge in [-0.05, 0) is 42.4 Å². The third kappa shape index (κ3) is 3.81. The normalized spacial score (nSPS) is 21.9. The molecule has 0 aliphatic heterocycles. The second-order valence-corrected chi connectivity index (χ2v) is 6.68. The summed E-state index contributed by atoms with van der Waals surface area (Å²) in [6.45, 7) is 2.34. The van der Waals surface area contributed by atoms with Crippen molar-refractivity contribution < 1.29 is 0 Å². The summed E-state index contributed by atoms with van der Waals surface area (Å²) in [6, 6.07) is 4.31. The Kier molecular flexibility index (Phi) is 5.68. The molecule has 1 nitrogen and oxygen atoms in total. The van der Waals surface area contributed by atoms with E-state index in [0.717, 1.165) is 5.92 Å². The predicted molar refractivity (Wildman–Crippen MR) is 81.2 cm³/mol. The van der Waals surface area contributed by atoms with Gasteiger partial charge in [-0.15, -0.1) is 0 Å². The number of pyridine rings is 1. The van der Waals surface area contributed by atoms with Crippen LogP contribution in [0.15, 0.2) is 24.5 Å². The second-order valence-electron chi connectivity index (χ2n) is 5.62. The van der Waals surface area contributed by atoms with Gasteiger partial charge in [-0.3, -0.25) is 4.98 Å². The Morgan fingerprint density at radius 1 is 1.06 bits per heavy atom. The molecule has 1 fully saturated rings. The molecule has 1 aromatic heterocycles. The van der Waals surface area contributed by atoms with E-state index in [9.17, 15) is 0 Å². The summed E-state index contributed by atoms with van der Waals surface area (Å²) in [5.41, 5.74) is 1.41. The minimum atomic E-state index is 0.581. The van der Waals surface area contributed by atoms with E-state index in [1.807, 2.05) is 12.4 Å². The molecule has 100 valence electrons. The number of hydrogen-bond donors (Lipinski definition) is 0. The van der Waals surface area contributed by atoms with Gasteiger partial charge in [0.1, 0.15) is 0 Å². The van der Waals surface area contributed by atoms with Crippen molar-refractivity contribution in [3.63, 3.8) is 0 Å². The first-order valence-electron chi connectivity index (χ1n) is 7.33. The molecular weight excluding hydrogens is 286 g/mol. The van der Waals surface area contributed by atoms with Crippen molar-refractivity contribution in [1.82, 2.24) is 4.98 Å². The van der Waals surface area contributed by atoms with Crippen molar-refractivity contribution in [2.45, 2.75) is 62.6 Å². The van der Waals surface area contributed by atoms with Gasteiger partial charge >= 0.3 is 0 Å². The number of hydrogen-bond acceptors (Lipinski definition) is 1. The SMILES string of the molecule is CC(c1ccncc1)C(Br)C1CCCCCCC1. The fourth-order valence-electron chi connectivity index (χ4n) is 3.07. The van der Waals surface area contributed by atoms with E-state index < -0.39 is 0 Å². The summed E-state index contributed by atoms with van der Waals surface area (Å²) in [7, 11) is 0. The second kappa shape index (κ2) is 7.28. The summed E-state index contributed by atoms with van der Waals surface area (Å²) < 4.78 is 0. The zero-order valence-corrected chi connectivity index (χ0v) is 12.9. The molecule has 0 radical (unpaired) electrons. The number of rotatable bonds is 3. The van der Waals surface area contributed by atoms with Crippen LogP contribution in [0.25, 0.3) is 0 Å². The van der Waals surface area contributed by atoms with Crippen LogP contribution < -0.4 is 0 Å². The standard InChI is InChI=1S/C16H24BrN/c1-13(14-9-11-18-12-10-14)16(17)15-7-5-3-2-4-6-8-15/h9-13,15-16H,2-8H2,1H3. The van der Waals surface area contributed by atoms with Gasteiger partial charge in [0.15, 0.2) is 0 Å². The highest BCUT2D eigenvalue weighted by atomic mass is 79.9. The molecule has 1 aromatic rings. The van der Waals surface area contributed by atoms with Gasteiger partial charge in [0.25, 0.3) is 0 Å². The van der Waals surface area contributed by atoms with Gasteiger partial charge in [0.05, 0.1) is 0 Å². The lowest BCUT2D eigenvalue weighted by atomic mass is 9.83. The molecule has 2 unspecified atom stereocenters. The molecule has 0 saturated heterocycles. The van der Waals surface area contributed by atoms with Crippen molar-refractivity contribution >= 4 is 15.9 Å². The van der Waals surface area contributed by atoms with Crippen LogP contribution in [0, 0.1) is 5.92 Å². The highest BCUT2D eigenvalue weighted by Gasteiger charge is 2.25. The Morgan fingerprint density at radius 2 is 1.61 bits per heavy atom. The molecule has 1 saturated carbocycles. The minimum absolute atomic E-state index is 0.581.